The lowest BCUT2D eigenvalue weighted by atomic mass is 9.99. The highest BCUT2D eigenvalue weighted by Gasteiger charge is 2.34. The maximum atomic E-state index is 14.4. The van der Waals surface area contributed by atoms with Gasteiger partial charge in [-0.3, -0.25) is 0 Å². The lowest BCUT2D eigenvalue weighted by Crippen LogP contribution is -2.50. The predicted molar refractivity (Wildman–Crippen MR) is 93.4 cm³/mol. The average molecular weight is 346 g/mol. The molecule has 1 fully saturated rings. The van der Waals surface area contributed by atoms with Gasteiger partial charge >= 0.3 is 6.03 Å². The molecule has 1 aromatic carbocycles. The molecule has 0 radical (unpaired) electrons. The van der Waals surface area contributed by atoms with E-state index in [2.05, 4.69) is 15.7 Å². The molecule has 3 rings (SSSR count). The van der Waals surface area contributed by atoms with Gasteiger partial charge in [-0.2, -0.15) is 5.10 Å². The van der Waals surface area contributed by atoms with E-state index >= 15 is 0 Å². The molecule has 1 aliphatic carbocycles. The maximum Gasteiger partial charge on any atom is 0.319 e. The molecule has 0 unspecified atom stereocenters. The normalized spacial score (nSPS) is 16.0. The second kappa shape index (κ2) is 6.84. The molecule has 2 amide bonds. The number of aliphatic hydroxyl groups excluding tert-OH is 1. The summed E-state index contributed by atoms with van der Waals surface area (Å²) < 4.78 is 16.0. The molecular weight excluding hydrogens is 323 g/mol. The molecule has 1 aromatic heterocycles. The average Bonchev–Trinajstić information content (AvgIpc) is 3.14. The molecule has 1 heterocycles. The van der Waals surface area contributed by atoms with Gasteiger partial charge in [0, 0.05) is 11.4 Å². The first kappa shape index (κ1) is 17.4. The largest absolute Gasteiger partial charge is 0.394 e. The molecule has 6 nitrogen and oxygen atoms in total. The minimum Gasteiger partial charge on any atom is -0.394 e. The molecule has 3 N–H and O–H groups in total. The van der Waals surface area contributed by atoms with E-state index < -0.39 is 17.4 Å². The zero-order valence-electron chi connectivity index (χ0n) is 14.5. The van der Waals surface area contributed by atoms with Crippen molar-refractivity contribution >= 4 is 11.7 Å². The summed E-state index contributed by atoms with van der Waals surface area (Å²) in [5.41, 5.74) is 1.77. The predicted octanol–water partition coefficient (Wildman–Crippen LogP) is 3.05. The van der Waals surface area contributed by atoms with E-state index in [0.717, 1.165) is 37.1 Å². The van der Waals surface area contributed by atoms with E-state index in [1.807, 2.05) is 19.9 Å². The van der Waals surface area contributed by atoms with Gasteiger partial charge in [0.25, 0.3) is 0 Å². The third-order valence-corrected chi connectivity index (χ3v) is 4.69. The zero-order chi connectivity index (χ0) is 18.0. The summed E-state index contributed by atoms with van der Waals surface area (Å²) in [6, 6.07) is 5.92. The highest BCUT2D eigenvalue weighted by atomic mass is 19.1. The number of hydrogen-bond acceptors (Lipinski definition) is 3. The minimum absolute atomic E-state index is 0.0916. The molecule has 0 atom stereocenters. The van der Waals surface area contributed by atoms with Crippen molar-refractivity contribution < 1.29 is 14.3 Å². The highest BCUT2D eigenvalue weighted by Crippen LogP contribution is 2.29. The van der Waals surface area contributed by atoms with Crippen LogP contribution in [-0.2, 0) is 0 Å². The Kier molecular flexibility index (Phi) is 4.76. The Balaban J connectivity index is 1.72. The van der Waals surface area contributed by atoms with Crippen LogP contribution in [0.3, 0.4) is 0 Å². The van der Waals surface area contributed by atoms with Crippen LogP contribution in [0.5, 0.6) is 0 Å². The van der Waals surface area contributed by atoms with Gasteiger partial charge in [-0.05, 0) is 51.0 Å². The molecule has 7 heteroatoms. The fourth-order valence-electron chi connectivity index (χ4n) is 3.41. The van der Waals surface area contributed by atoms with Crippen LogP contribution in [-0.4, -0.2) is 33.1 Å². The SMILES string of the molecule is Cc1cc(C)n(-c2ccc(NC(=O)NC3(CO)CCCC3)cc2F)n1. The second-order valence-electron chi connectivity index (χ2n) is 6.73. The first-order chi connectivity index (χ1) is 11.9. The molecule has 25 heavy (non-hydrogen) atoms. The van der Waals surface area contributed by atoms with E-state index in [-0.39, 0.29) is 6.61 Å². The van der Waals surface area contributed by atoms with E-state index in [4.69, 9.17) is 0 Å². The molecular formula is C18H23FN4O2. The lowest BCUT2D eigenvalue weighted by molar-refractivity contribution is 0.167. The molecule has 0 aliphatic heterocycles. The van der Waals surface area contributed by atoms with Gasteiger partial charge in [0.1, 0.15) is 5.69 Å². The number of urea groups is 1. The van der Waals surface area contributed by atoms with E-state index in [1.165, 1.54) is 10.7 Å². The Morgan fingerprint density at radius 1 is 1.32 bits per heavy atom. The molecule has 0 saturated heterocycles. The number of aliphatic hydroxyl groups is 1. The smallest absolute Gasteiger partial charge is 0.319 e. The summed E-state index contributed by atoms with van der Waals surface area (Å²) in [6.45, 7) is 3.61. The van der Waals surface area contributed by atoms with Crippen LogP contribution in [0, 0.1) is 19.7 Å². The van der Waals surface area contributed by atoms with Gasteiger partial charge in [-0.1, -0.05) is 12.8 Å². The van der Waals surface area contributed by atoms with Crippen LogP contribution < -0.4 is 10.6 Å². The van der Waals surface area contributed by atoms with Crippen molar-refractivity contribution in [3.05, 3.63) is 41.5 Å². The van der Waals surface area contributed by atoms with Crippen LogP contribution in [0.1, 0.15) is 37.1 Å². The van der Waals surface area contributed by atoms with Gasteiger partial charge in [0.15, 0.2) is 5.82 Å². The maximum absolute atomic E-state index is 14.4. The van der Waals surface area contributed by atoms with Crippen LogP contribution >= 0.6 is 0 Å². The fraction of sp³-hybridized carbons (Fsp3) is 0.444. The van der Waals surface area contributed by atoms with E-state index in [0.29, 0.717) is 11.4 Å². The summed E-state index contributed by atoms with van der Waals surface area (Å²) in [6.07, 6.45) is 3.46. The fourth-order valence-corrected chi connectivity index (χ4v) is 3.41. The van der Waals surface area contributed by atoms with E-state index in [1.54, 1.807) is 12.1 Å². The number of aryl methyl sites for hydroxylation is 2. The Bertz CT molecular complexity index is 781. The Hall–Kier alpha value is -2.41. The van der Waals surface area contributed by atoms with E-state index in [9.17, 15) is 14.3 Å². The number of rotatable bonds is 4. The number of carbonyl (C=O) groups is 1. The quantitative estimate of drug-likeness (QED) is 0.796. The van der Waals surface area contributed by atoms with Crippen molar-refractivity contribution in [2.24, 2.45) is 0 Å². The third-order valence-electron chi connectivity index (χ3n) is 4.69. The summed E-state index contributed by atoms with van der Waals surface area (Å²) in [7, 11) is 0. The molecule has 2 aromatic rings. The van der Waals surface area contributed by atoms with Gasteiger partial charge in [-0.15, -0.1) is 0 Å². The molecule has 1 aliphatic rings. The topological polar surface area (TPSA) is 79.2 Å². The van der Waals surface area contributed by atoms with Crippen molar-refractivity contribution in [1.29, 1.82) is 0 Å². The van der Waals surface area contributed by atoms with Crippen molar-refractivity contribution in [2.45, 2.75) is 45.1 Å². The zero-order valence-corrected chi connectivity index (χ0v) is 14.5. The molecule has 134 valence electrons. The Morgan fingerprint density at radius 3 is 2.60 bits per heavy atom. The molecule has 0 spiro atoms. The number of anilines is 1. The monoisotopic (exact) mass is 346 g/mol. The first-order valence-corrected chi connectivity index (χ1v) is 8.46. The summed E-state index contributed by atoms with van der Waals surface area (Å²) in [5, 5.41) is 19.3. The molecule has 0 bridgehead atoms. The van der Waals surface area contributed by atoms with Crippen molar-refractivity contribution in [3.63, 3.8) is 0 Å². The lowest BCUT2D eigenvalue weighted by Gasteiger charge is -2.28. The number of benzene rings is 1. The second-order valence-corrected chi connectivity index (χ2v) is 6.73. The van der Waals surface area contributed by atoms with Gasteiger partial charge < -0.3 is 15.7 Å². The van der Waals surface area contributed by atoms with Gasteiger partial charge in [0.2, 0.25) is 0 Å². The van der Waals surface area contributed by atoms with Gasteiger partial charge in [-0.25, -0.2) is 13.9 Å². The number of carbonyl (C=O) groups excluding carboxylic acids is 1. The van der Waals surface area contributed by atoms with Crippen LogP contribution in [0.4, 0.5) is 14.9 Å². The number of halogens is 1. The van der Waals surface area contributed by atoms with Crippen LogP contribution in [0.25, 0.3) is 5.69 Å². The summed E-state index contributed by atoms with van der Waals surface area (Å²) in [5.74, 6) is -0.471. The van der Waals surface area contributed by atoms with Crippen molar-refractivity contribution in [3.8, 4) is 5.69 Å². The standard InChI is InChI=1S/C18H23FN4O2/c1-12-9-13(2)23(22-12)16-6-5-14(10-15(16)19)20-17(25)21-18(11-24)7-3-4-8-18/h5-6,9-10,24H,3-4,7-8,11H2,1-2H3,(H2,20,21,25). The number of amides is 2. The van der Waals surface area contributed by atoms with Crippen molar-refractivity contribution in [2.75, 3.05) is 11.9 Å². The van der Waals surface area contributed by atoms with Gasteiger partial charge in [0.05, 0.1) is 17.8 Å². The van der Waals surface area contributed by atoms with Crippen molar-refractivity contribution in [1.82, 2.24) is 15.1 Å². The highest BCUT2D eigenvalue weighted by molar-refractivity contribution is 5.90. The van der Waals surface area contributed by atoms with Crippen LogP contribution in [0.15, 0.2) is 24.3 Å². The summed E-state index contributed by atoms with van der Waals surface area (Å²) in [4.78, 5) is 12.2. The number of nitrogens with zero attached hydrogens (tertiary/aromatic N) is 2. The van der Waals surface area contributed by atoms with Crippen LogP contribution in [0.2, 0.25) is 0 Å². The number of nitrogens with one attached hydrogen (secondary N) is 2. The summed E-state index contributed by atoms with van der Waals surface area (Å²) >= 11 is 0. The number of hydrogen-bond donors (Lipinski definition) is 3. The Labute approximate surface area is 146 Å². The first-order valence-electron chi connectivity index (χ1n) is 8.46. The third kappa shape index (κ3) is 3.66. The Morgan fingerprint density at radius 2 is 2.04 bits per heavy atom. The number of aromatic nitrogens is 2. The molecule has 1 saturated carbocycles. The minimum atomic E-state index is -0.563.